The second-order valence-corrected chi connectivity index (χ2v) is 6.64. The SMILES string of the molecule is CCCCc1nnc(NC(=O)CNC(=O)c2ccc(OC(F)F)c(OC)c2)s1. The number of benzene rings is 1. The standard InChI is InChI=1S/C17H20F2N4O4S/c1-3-4-5-14-22-23-17(28-14)21-13(24)9-20-15(25)10-6-7-11(27-16(18)19)12(8-10)26-2/h6-8,16H,3-5,9H2,1-2H3,(H,20,25)(H,21,23,24). The minimum atomic E-state index is -3.01. The number of ether oxygens (including phenoxy) is 2. The van der Waals surface area contributed by atoms with Gasteiger partial charge in [0.15, 0.2) is 11.5 Å². The van der Waals surface area contributed by atoms with Gasteiger partial charge in [0.25, 0.3) is 5.91 Å². The molecule has 0 aliphatic rings. The van der Waals surface area contributed by atoms with Crippen LogP contribution < -0.4 is 20.1 Å². The van der Waals surface area contributed by atoms with Crippen LogP contribution in [-0.4, -0.2) is 42.3 Å². The second kappa shape index (κ2) is 10.5. The maximum Gasteiger partial charge on any atom is 0.387 e. The predicted octanol–water partition coefficient (Wildman–Crippen LogP) is 2.86. The Morgan fingerprint density at radius 1 is 1.25 bits per heavy atom. The minimum Gasteiger partial charge on any atom is -0.493 e. The summed E-state index contributed by atoms with van der Waals surface area (Å²) in [5, 5.41) is 14.1. The molecule has 0 saturated heterocycles. The van der Waals surface area contributed by atoms with Gasteiger partial charge in [-0.3, -0.25) is 14.9 Å². The van der Waals surface area contributed by atoms with Gasteiger partial charge in [0, 0.05) is 12.0 Å². The molecular weight excluding hydrogens is 394 g/mol. The van der Waals surface area contributed by atoms with Crippen LogP contribution in [0.25, 0.3) is 0 Å². The number of alkyl halides is 2. The Balaban J connectivity index is 1.88. The first-order valence-electron chi connectivity index (χ1n) is 8.46. The van der Waals surface area contributed by atoms with Crippen molar-refractivity contribution in [1.82, 2.24) is 15.5 Å². The van der Waals surface area contributed by atoms with Gasteiger partial charge in [-0.25, -0.2) is 0 Å². The Hall–Kier alpha value is -2.82. The monoisotopic (exact) mass is 414 g/mol. The largest absolute Gasteiger partial charge is 0.493 e. The van der Waals surface area contributed by atoms with Crippen LogP contribution in [0.5, 0.6) is 11.5 Å². The van der Waals surface area contributed by atoms with E-state index in [4.69, 9.17) is 4.74 Å². The molecule has 8 nitrogen and oxygen atoms in total. The number of hydrogen-bond donors (Lipinski definition) is 2. The lowest BCUT2D eigenvalue weighted by Crippen LogP contribution is -2.32. The van der Waals surface area contributed by atoms with E-state index in [1.54, 1.807) is 0 Å². The fourth-order valence-electron chi connectivity index (χ4n) is 2.16. The maximum atomic E-state index is 12.3. The van der Waals surface area contributed by atoms with Crippen LogP contribution in [-0.2, 0) is 11.2 Å². The van der Waals surface area contributed by atoms with E-state index in [1.165, 1.54) is 36.6 Å². The van der Waals surface area contributed by atoms with Crippen molar-refractivity contribution in [2.75, 3.05) is 19.0 Å². The topological polar surface area (TPSA) is 102 Å². The van der Waals surface area contributed by atoms with Gasteiger partial charge < -0.3 is 14.8 Å². The van der Waals surface area contributed by atoms with Crippen LogP contribution in [0.3, 0.4) is 0 Å². The Bertz CT molecular complexity index is 816. The van der Waals surface area contributed by atoms with Crippen molar-refractivity contribution < 1.29 is 27.8 Å². The molecule has 0 bridgehead atoms. The normalized spacial score (nSPS) is 10.6. The number of carbonyl (C=O) groups excluding carboxylic acids is 2. The van der Waals surface area contributed by atoms with E-state index in [2.05, 4.69) is 32.5 Å². The molecule has 152 valence electrons. The smallest absolute Gasteiger partial charge is 0.387 e. The summed E-state index contributed by atoms with van der Waals surface area (Å²) < 4.78 is 33.9. The zero-order valence-corrected chi connectivity index (χ0v) is 16.1. The number of nitrogens with zero attached hydrogens (tertiary/aromatic N) is 2. The number of amides is 2. The van der Waals surface area contributed by atoms with Crippen LogP contribution in [0.15, 0.2) is 18.2 Å². The number of aryl methyl sites for hydroxylation is 1. The molecule has 28 heavy (non-hydrogen) atoms. The average molecular weight is 414 g/mol. The number of halogens is 2. The van der Waals surface area contributed by atoms with Crippen LogP contribution >= 0.6 is 11.3 Å². The Morgan fingerprint density at radius 2 is 2.04 bits per heavy atom. The van der Waals surface area contributed by atoms with E-state index in [9.17, 15) is 18.4 Å². The maximum absolute atomic E-state index is 12.3. The minimum absolute atomic E-state index is 0.0223. The van der Waals surface area contributed by atoms with E-state index in [0.717, 1.165) is 24.3 Å². The number of rotatable bonds is 10. The number of aromatic nitrogens is 2. The summed E-state index contributed by atoms with van der Waals surface area (Å²) in [6, 6.07) is 3.73. The van der Waals surface area contributed by atoms with Crippen molar-refractivity contribution in [3.63, 3.8) is 0 Å². The van der Waals surface area contributed by atoms with E-state index in [0.29, 0.717) is 5.13 Å². The summed E-state index contributed by atoms with van der Waals surface area (Å²) in [6.45, 7) is -1.23. The fourth-order valence-corrected chi connectivity index (χ4v) is 2.96. The third-order valence-corrected chi connectivity index (χ3v) is 4.41. The zero-order valence-electron chi connectivity index (χ0n) is 15.3. The first-order chi connectivity index (χ1) is 13.4. The number of nitrogens with one attached hydrogen (secondary N) is 2. The van der Waals surface area contributed by atoms with Crippen molar-refractivity contribution in [1.29, 1.82) is 0 Å². The highest BCUT2D eigenvalue weighted by molar-refractivity contribution is 7.15. The molecule has 1 aromatic heterocycles. The molecule has 1 aromatic carbocycles. The van der Waals surface area contributed by atoms with E-state index in [1.807, 2.05) is 0 Å². The molecule has 2 rings (SSSR count). The van der Waals surface area contributed by atoms with Crippen molar-refractivity contribution in [2.45, 2.75) is 32.8 Å². The summed E-state index contributed by atoms with van der Waals surface area (Å²) in [7, 11) is 1.26. The summed E-state index contributed by atoms with van der Waals surface area (Å²) in [4.78, 5) is 24.1. The first kappa shape index (κ1) is 21.5. The lowest BCUT2D eigenvalue weighted by atomic mass is 10.2. The molecule has 0 spiro atoms. The Morgan fingerprint density at radius 3 is 2.71 bits per heavy atom. The number of hydrogen-bond acceptors (Lipinski definition) is 7. The molecule has 2 N–H and O–H groups in total. The average Bonchev–Trinajstić information content (AvgIpc) is 3.11. The van der Waals surface area contributed by atoms with Crippen molar-refractivity contribution >= 4 is 28.3 Å². The molecule has 2 amide bonds. The first-order valence-corrected chi connectivity index (χ1v) is 9.27. The molecule has 0 saturated carbocycles. The molecule has 0 aliphatic heterocycles. The molecule has 0 unspecified atom stereocenters. The highest BCUT2D eigenvalue weighted by Crippen LogP contribution is 2.29. The quantitative estimate of drug-likeness (QED) is 0.620. The highest BCUT2D eigenvalue weighted by Gasteiger charge is 2.15. The van der Waals surface area contributed by atoms with Crippen molar-refractivity contribution in [3.8, 4) is 11.5 Å². The van der Waals surface area contributed by atoms with Crippen LogP contribution in [0.4, 0.5) is 13.9 Å². The van der Waals surface area contributed by atoms with Gasteiger partial charge in [-0.2, -0.15) is 8.78 Å². The summed E-state index contributed by atoms with van der Waals surface area (Å²) in [6.07, 6.45) is 2.82. The molecule has 11 heteroatoms. The second-order valence-electron chi connectivity index (χ2n) is 5.58. The van der Waals surface area contributed by atoms with Gasteiger partial charge in [0.1, 0.15) is 5.01 Å². The molecule has 0 radical (unpaired) electrons. The molecule has 0 atom stereocenters. The van der Waals surface area contributed by atoms with Crippen LogP contribution in [0, 0.1) is 0 Å². The zero-order chi connectivity index (χ0) is 20.5. The lowest BCUT2D eigenvalue weighted by Gasteiger charge is -2.11. The van der Waals surface area contributed by atoms with E-state index in [-0.39, 0.29) is 23.6 Å². The highest BCUT2D eigenvalue weighted by atomic mass is 32.1. The van der Waals surface area contributed by atoms with Gasteiger partial charge in [0.2, 0.25) is 11.0 Å². The van der Waals surface area contributed by atoms with E-state index < -0.39 is 18.4 Å². The van der Waals surface area contributed by atoms with Gasteiger partial charge >= 0.3 is 6.61 Å². The van der Waals surface area contributed by atoms with Crippen molar-refractivity contribution in [2.24, 2.45) is 0 Å². The summed E-state index contributed by atoms with van der Waals surface area (Å²) in [5.41, 5.74) is 0.129. The summed E-state index contributed by atoms with van der Waals surface area (Å²) >= 11 is 1.28. The van der Waals surface area contributed by atoms with Gasteiger partial charge in [0.05, 0.1) is 13.7 Å². The Labute approximate surface area is 164 Å². The van der Waals surface area contributed by atoms with Gasteiger partial charge in [-0.15, -0.1) is 10.2 Å². The summed E-state index contributed by atoms with van der Waals surface area (Å²) in [5.74, 6) is -1.25. The number of unbranched alkanes of at least 4 members (excludes halogenated alkanes) is 1. The molecule has 0 aliphatic carbocycles. The predicted molar refractivity (Wildman–Crippen MR) is 99.1 cm³/mol. The van der Waals surface area contributed by atoms with Gasteiger partial charge in [-0.1, -0.05) is 24.7 Å². The van der Waals surface area contributed by atoms with E-state index >= 15 is 0 Å². The Kier molecular flexibility index (Phi) is 8.05. The number of carbonyl (C=O) groups is 2. The molecular formula is C17H20F2N4O4S. The lowest BCUT2D eigenvalue weighted by molar-refractivity contribution is -0.115. The number of anilines is 1. The fraction of sp³-hybridized carbons (Fsp3) is 0.412. The molecule has 2 aromatic rings. The van der Waals surface area contributed by atoms with Crippen molar-refractivity contribution in [3.05, 3.63) is 28.8 Å². The third kappa shape index (κ3) is 6.41. The molecule has 0 fully saturated rings. The molecule has 1 heterocycles. The van der Waals surface area contributed by atoms with Crippen LogP contribution in [0.1, 0.15) is 35.1 Å². The number of methoxy groups -OCH3 is 1. The third-order valence-electron chi connectivity index (χ3n) is 3.51. The van der Waals surface area contributed by atoms with Gasteiger partial charge in [-0.05, 0) is 24.6 Å². The van der Waals surface area contributed by atoms with Crippen LogP contribution in [0.2, 0.25) is 0 Å².